The minimum atomic E-state index is -1.55. The predicted octanol–water partition coefficient (Wildman–Crippen LogP) is 3.47. The van der Waals surface area contributed by atoms with Crippen molar-refractivity contribution in [3.05, 3.63) is 76.9 Å². The summed E-state index contributed by atoms with van der Waals surface area (Å²) in [6, 6.07) is 13.8. The lowest BCUT2D eigenvalue weighted by atomic mass is 9.97. The summed E-state index contributed by atoms with van der Waals surface area (Å²) >= 11 is 0. The number of hydrogen-bond donors (Lipinski definition) is 4. The highest BCUT2D eigenvalue weighted by molar-refractivity contribution is 5.97. The number of aliphatic hydroxyl groups is 1. The third-order valence-electron chi connectivity index (χ3n) is 5.59. The first-order valence-electron chi connectivity index (χ1n) is 11.1. The number of rotatable bonds is 8. The fourth-order valence-electron chi connectivity index (χ4n) is 3.38. The molecule has 4 N–H and O–H groups in total. The van der Waals surface area contributed by atoms with Crippen molar-refractivity contribution in [2.45, 2.75) is 51.2 Å². The van der Waals surface area contributed by atoms with Crippen molar-refractivity contribution >= 4 is 17.9 Å². The van der Waals surface area contributed by atoms with E-state index in [1.807, 2.05) is 6.08 Å². The fourth-order valence-corrected chi connectivity index (χ4v) is 3.38. The zero-order chi connectivity index (χ0) is 23.8. The van der Waals surface area contributed by atoms with E-state index in [9.17, 15) is 14.7 Å². The van der Waals surface area contributed by atoms with Gasteiger partial charge in [-0.1, -0.05) is 48.9 Å². The summed E-state index contributed by atoms with van der Waals surface area (Å²) in [5, 5.41) is 21.3. The smallest absolute Gasteiger partial charge is 0.268 e. The van der Waals surface area contributed by atoms with Gasteiger partial charge in [-0.05, 0) is 80.2 Å². The van der Waals surface area contributed by atoms with Gasteiger partial charge in [0.25, 0.3) is 11.8 Å². The van der Waals surface area contributed by atoms with Crippen LogP contribution in [-0.4, -0.2) is 33.8 Å². The zero-order valence-corrected chi connectivity index (χ0v) is 19.0. The summed E-state index contributed by atoms with van der Waals surface area (Å²) in [5.74, 6) is 5.64. The van der Waals surface area contributed by atoms with Crippen molar-refractivity contribution in [3.63, 3.8) is 0 Å². The quantitative estimate of drug-likeness (QED) is 0.284. The number of benzene rings is 2. The van der Waals surface area contributed by atoms with Gasteiger partial charge in [0.1, 0.15) is 6.04 Å². The number of carbonyl (C=O) groups excluding carboxylic acids is 2. The van der Waals surface area contributed by atoms with Gasteiger partial charge < -0.3 is 10.4 Å². The van der Waals surface area contributed by atoms with Gasteiger partial charge in [0.05, 0.1) is 5.60 Å². The van der Waals surface area contributed by atoms with Crippen molar-refractivity contribution in [1.82, 2.24) is 10.8 Å². The Kier molecular flexibility index (Phi) is 8.05. The van der Waals surface area contributed by atoms with Gasteiger partial charge >= 0.3 is 0 Å². The van der Waals surface area contributed by atoms with E-state index in [0.29, 0.717) is 5.56 Å². The largest absolute Gasteiger partial charge is 0.388 e. The Morgan fingerprint density at radius 2 is 1.79 bits per heavy atom. The molecular weight excluding hydrogens is 416 g/mol. The van der Waals surface area contributed by atoms with Crippen molar-refractivity contribution in [1.29, 1.82) is 0 Å². The van der Waals surface area contributed by atoms with Crippen LogP contribution in [0, 0.1) is 17.8 Å². The Labute approximate surface area is 194 Å². The van der Waals surface area contributed by atoms with Crippen LogP contribution in [-0.2, 0) is 11.2 Å². The molecule has 0 bridgehead atoms. The Bertz CT molecular complexity index is 1050. The molecule has 172 valence electrons. The molecule has 0 unspecified atom stereocenters. The Balaban J connectivity index is 1.54. The van der Waals surface area contributed by atoms with Crippen LogP contribution in [0.3, 0.4) is 0 Å². The molecule has 6 heteroatoms. The maximum absolute atomic E-state index is 12.4. The minimum absolute atomic E-state index is 0.319. The van der Waals surface area contributed by atoms with Crippen molar-refractivity contribution in [3.8, 4) is 11.8 Å². The van der Waals surface area contributed by atoms with E-state index in [1.54, 1.807) is 30.3 Å². The van der Waals surface area contributed by atoms with Gasteiger partial charge in [-0.2, -0.15) is 0 Å². The molecule has 2 aromatic rings. The normalized spacial score (nSPS) is 14.3. The third-order valence-corrected chi connectivity index (χ3v) is 5.59. The summed E-state index contributed by atoms with van der Waals surface area (Å²) < 4.78 is 0. The number of allylic oxidation sites excluding steroid dienone is 1. The van der Waals surface area contributed by atoms with E-state index in [-0.39, 0.29) is 0 Å². The molecule has 1 atom stereocenters. The second-order valence-corrected chi connectivity index (χ2v) is 8.94. The molecule has 6 nitrogen and oxygen atoms in total. The van der Waals surface area contributed by atoms with Gasteiger partial charge in [0.15, 0.2) is 0 Å². The molecule has 0 spiro atoms. The molecule has 2 aromatic carbocycles. The molecule has 0 aromatic heterocycles. The van der Waals surface area contributed by atoms with E-state index in [4.69, 9.17) is 5.21 Å². The Morgan fingerprint density at radius 3 is 2.36 bits per heavy atom. The van der Waals surface area contributed by atoms with Crippen LogP contribution in [0.15, 0.2) is 54.6 Å². The topological polar surface area (TPSA) is 98.7 Å². The first kappa shape index (κ1) is 24.2. The van der Waals surface area contributed by atoms with Crippen molar-refractivity contribution in [2.24, 2.45) is 5.92 Å². The average molecular weight is 447 g/mol. The number of aryl methyl sites for hydroxylation is 1. The Hall–Kier alpha value is -3.40. The van der Waals surface area contributed by atoms with Crippen LogP contribution in [0.2, 0.25) is 0 Å². The molecule has 0 aliphatic heterocycles. The molecule has 0 radical (unpaired) electrons. The molecular formula is C27H30N2O4. The van der Waals surface area contributed by atoms with E-state index < -0.39 is 23.5 Å². The van der Waals surface area contributed by atoms with E-state index in [1.165, 1.54) is 44.2 Å². The molecule has 0 heterocycles. The van der Waals surface area contributed by atoms with E-state index in [2.05, 4.69) is 41.4 Å². The standard InChI is InChI=1S/C27H30N2O4/c1-27(2,32)24(26(31)29-33)28-25(30)23-17-15-20(16-18-23)6-4-3-5-19-7-9-21(10-8-19)11-12-22-13-14-22/h4,6-10,15-18,22,24,32-33H,11-14H2,1-2H3,(H,28,30)(H,29,31)/b6-4+/t24-/m1/s1. The van der Waals surface area contributed by atoms with Crippen LogP contribution in [0.25, 0.3) is 6.08 Å². The lowest BCUT2D eigenvalue weighted by Crippen LogP contribution is -2.57. The predicted molar refractivity (Wildman–Crippen MR) is 127 cm³/mol. The van der Waals surface area contributed by atoms with Crippen LogP contribution in [0.1, 0.15) is 60.2 Å². The minimum Gasteiger partial charge on any atom is -0.388 e. The van der Waals surface area contributed by atoms with Gasteiger partial charge in [-0.15, -0.1) is 0 Å². The maximum Gasteiger partial charge on any atom is 0.268 e. The summed E-state index contributed by atoms with van der Waals surface area (Å²) in [5.41, 5.74) is 3.41. The molecule has 0 saturated heterocycles. The van der Waals surface area contributed by atoms with Crippen LogP contribution < -0.4 is 10.8 Å². The number of amides is 2. The van der Waals surface area contributed by atoms with Gasteiger partial charge in [-0.25, -0.2) is 5.48 Å². The van der Waals surface area contributed by atoms with Gasteiger partial charge in [0.2, 0.25) is 0 Å². The van der Waals surface area contributed by atoms with Gasteiger partial charge in [0, 0.05) is 11.1 Å². The second kappa shape index (κ2) is 11.0. The van der Waals surface area contributed by atoms with Crippen LogP contribution in [0.4, 0.5) is 0 Å². The average Bonchev–Trinajstić information content (AvgIpc) is 3.63. The van der Waals surface area contributed by atoms with Crippen LogP contribution in [0.5, 0.6) is 0 Å². The monoisotopic (exact) mass is 446 g/mol. The summed E-state index contributed by atoms with van der Waals surface area (Å²) in [6.07, 6.45) is 8.80. The molecule has 2 amide bonds. The maximum atomic E-state index is 12.4. The highest BCUT2D eigenvalue weighted by atomic mass is 16.5. The highest BCUT2D eigenvalue weighted by Crippen LogP contribution is 2.33. The first-order valence-corrected chi connectivity index (χ1v) is 11.1. The summed E-state index contributed by atoms with van der Waals surface area (Å²) in [4.78, 5) is 24.2. The fraction of sp³-hybridized carbons (Fsp3) is 0.333. The van der Waals surface area contributed by atoms with E-state index in [0.717, 1.165) is 23.5 Å². The van der Waals surface area contributed by atoms with Crippen LogP contribution >= 0.6 is 0 Å². The number of hydrogen-bond acceptors (Lipinski definition) is 4. The molecule has 1 fully saturated rings. The van der Waals surface area contributed by atoms with E-state index >= 15 is 0 Å². The first-order chi connectivity index (χ1) is 15.8. The molecule has 33 heavy (non-hydrogen) atoms. The second-order valence-electron chi connectivity index (χ2n) is 8.94. The number of hydroxylamine groups is 1. The molecule has 3 rings (SSSR count). The number of carbonyl (C=O) groups is 2. The Morgan fingerprint density at radius 1 is 1.12 bits per heavy atom. The summed E-state index contributed by atoms with van der Waals surface area (Å²) in [7, 11) is 0. The zero-order valence-electron chi connectivity index (χ0n) is 19.0. The highest BCUT2D eigenvalue weighted by Gasteiger charge is 2.34. The van der Waals surface area contributed by atoms with Crippen molar-refractivity contribution < 1.29 is 19.9 Å². The lowest BCUT2D eigenvalue weighted by Gasteiger charge is -2.28. The van der Waals surface area contributed by atoms with Crippen molar-refractivity contribution in [2.75, 3.05) is 0 Å². The number of nitrogens with one attached hydrogen (secondary N) is 2. The van der Waals surface area contributed by atoms with Gasteiger partial charge in [-0.3, -0.25) is 14.8 Å². The molecule has 1 saturated carbocycles. The third kappa shape index (κ3) is 7.60. The summed E-state index contributed by atoms with van der Waals surface area (Å²) in [6.45, 7) is 2.73. The lowest BCUT2D eigenvalue weighted by molar-refractivity contribution is -0.136. The SMILES string of the molecule is CC(C)(O)[C@H](NC(=O)c1ccc(/C=C/C#Cc2ccc(CCC3CC3)cc2)cc1)C(=O)NO. The molecule has 1 aliphatic rings. The molecule has 1 aliphatic carbocycles.